The Balaban J connectivity index is 3.54. The first-order valence-electron chi connectivity index (χ1n) is 2.16. The standard InChI is InChI=1S/C5H10FO/c1-4(6)5(2,3)7/h4,7H,2H2,1,3H3. The number of aliphatic hydroxyl groups is 1. The summed E-state index contributed by atoms with van der Waals surface area (Å²) in [4.78, 5) is 0. The topological polar surface area (TPSA) is 20.2 Å². The highest BCUT2D eigenvalue weighted by Gasteiger charge is 2.20. The lowest BCUT2D eigenvalue weighted by Gasteiger charge is -2.17. The van der Waals surface area contributed by atoms with Crippen molar-refractivity contribution in [2.75, 3.05) is 0 Å². The van der Waals surface area contributed by atoms with Crippen molar-refractivity contribution in [1.82, 2.24) is 0 Å². The Hall–Kier alpha value is -0.110. The number of halogens is 1. The van der Waals surface area contributed by atoms with Crippen molar-refractivity contribution in [2.45, 2.75) is 25.6 Å². The van der Waals surface area contributed by atoms with Gasteiger partial charge in [0.15, 0.2) is 0 Å². The molecule has 2 atom stereocenters. The molecule has 0 saturated carbocycles. The summed E-state index contributed by atoms with van der Waals surface area (Å²) < 4.78 is 11.9. The smallest absolute Gasteiger partial charge is 0.126 e. The molecule has 1 nitrogen and oxygen atoms in total. The lowest BCUT2D eigenvalue weighted by atomic mass is 10.1. The van der Waals surface area contributed by atoms with Crippen LogP contribution >= 0.6 is 0 Å². The highest BCUT2D eigenvalue weighted by molar-refractivity contribution is 4.80. The Morgan fingerprint density at radius 3 is 2.00 bits per heavy atom. The Morgan fingerprint density at radius 1 is 1.86 bits per heavy atom. The molecular formula is C5H10FO. The van der Waals surface area contributed by atoms with E-state index in [4.69, 9.17) is 5.11 Å². The normalized spacial score (nSPS) is 16.7. The van der Waals surface area contributed by atoms with Gasteiger partial charge in [-0.1, -0.05) is 0 Å². The third-order valence-electron chi connectivity index (χ3n) is 0.857. The van der Waals surface area contributed by atoms with Crippen molar-refractivity contribution in [3.8, 4) is 0 Å². The van der Waals surface area contributed by atoms with E-state index in [1.165, 1.54) is 13.8 Å². The monoisotopic (exact) mass is 105 g/mol. The van der Waals surface area contributed by atoms with Gasteiger partial charge in [-0.2, -0.15) is 0 Å². The molecule has 1 N–H and O–H groups in total. The summed E-state index contributed by atoms with van der Waals surface area (Å²) in [5.74, 6) is 0. The van der Waals surface area contributed by atoms with E-state index in [0.717, 1.165) is 0 Å². The first-order chi connectivity index (χ1) is 2.94. The average Bonchev–Trinajstić information content (AvgIpc) is 1.31. The molecule has 1 radical (unpaired) electrons. The molecule has 0 aromatic rings. The molecule has 7 heavy (non-hydrogen) atoms. The van der Waals surface area contributed by atoms with E-state index in [1.807, 2.05) is 0 Å². The molecule has 0 spiro atoms. The molecule has 0 aliphatic carbocycles. The van der Waals surface area contributed by atoms with Gasteiger partial charge in [-0.05, 0) is 20.8 Å². The minimum Gasteiger partial charge on any atom is -0.387 e. The van der Waals surface area contributed by atoms with E-state index >= 15 is 0 Å². The molecule has 0 heterocycles. The molecule has 0 aliphatic rings. The molecule has 0 bridgehead atoms. The maximum atomic E-state index is 11.9. The predicted octanol–water partition coefficient (Wildman–Crippen LogP) is 0.929. The zero-order valence-electron chi connectivity index (χ0n) is 4.61. The van der Waals surface area contributed by atoms with Crippen molar-refractivity contribution in [2.24, 2.45) is 0 Å². The van der Waals surface area contributed by atoms with Crippen LogP contribution in [-0.2, 0) is 0 Å². The molecule has 0 aromatic heterocycles. The molecule has 43 valence electrons. The van der Waals surface area contributed by atoms with Gasteiger partial charge in [0.2, 0.25) is 0 Å². The van der Waals surface area contributed by atoms with E-state index in [9.17, 15) is 4.39 Å². The summed E-state index contributed by atoms with van der Waals surface area (Å²) in [6.07, 6.45) is -1.26. The average molecular weight is 105 g/mol. The minimum atomic E-state index is -1.42. The fraction of sp³-hybridized carbons (Fsp3) is 0.800. The van der Waals surface area contributed by atoms with Gasteiger partial charge in [0, 0.05) is 0 Å². The van der Waals surface area contributed by atoms with Crippen LogP contribution in [0.15, 0.2) is 0 Å². The van der Waals surface area contributed by atoms with Crippen molar-refractivity contribution < 1.29 is 9.50 Å². The summed E-state index contributed by atoms with van der Waals surface area (Å²) in [6, 6.07) is 0. The maximum Gasteiger partial charge on any atom is 0.126 e. The van der Waals surface area contributed by atoms with Crippen LogP contribution in [0.3, 0.4) is 0 Å². The van der Waals surface area contributed by atoms with Crippen LogP contribution in [0.4, 0.5) is 4.39 Å². The van der Waals surface area contributed by atoms with Gasteiger partial charge in [-0.25, -0.2) is 4.39 Å². The van der Waals surface area contributed by atoms with Crippen LogP contribution in [0.25, 0.3) is 0 Å². The van der Waals surface area contributed by atoms with E-state index in [-0.39, 0.29) is 0 Å². The maximum absolute atomic E-state index is 11.9. The van der Waals surface area contributed by atoms with Crippen molar-refractivity contribution in [3.05, 3.63) is 6.92 Å². The van der Waals surface area contributed by atoms with Crippen LogP contribution in [-0.4, -0.2) is 16.9 Å². The number of hydrogen-bond acceptors (Lipinski definition) is 1. The first-order valence-corrected chi connectivity index (χ1v) is 2.16. The lowest BCUT2D eigenvalue weighted by molar-refractivity contribution is 0.0296. The van der Waals surface area contributed by atoms with Crippen molar-refractivity contribution >= 4 is 0 Å². The molecule has 0 aromatic carbocycles. The Labute approximate surface area is 43.2 Å². The van der Waals surface area contributed by atoms with Gasteiger partial charge in [0.05, 0.1) is 5.60 Å². The summed E-state index contributed by atoms with van der Waals surface area (Å²) >= 11 is 0. The lowest BCUT2D eigenvalue weighted by Crippen LogP contribution is -2.29. The van der Waals surface area contributed by atoms with Gasteiger partial charge in [-0.15, -0.1) is 0 Å². The highest BCUT2D eigenvalue weighted by atomic mass is 19.1. The fourth-order valence-corrected chi connectivity index (χ4v) is 0. The molecular weight excluding hydrogens is 95.1 g/mol. The molecule has 0 fully saturated rings. The van der Waals surface area contributed by atoms with Crippen LogP contribution in [0.5, 0.6) is 0 Å². The van der Waals surface area contributed by atoms with Gasteiger partial charge in [0.1, 0.15) is 6.17 Å². The minimum absolute atomic E-state index is 1.26. The summed E-state index contributed by atoms with van der Waals surface area (Å²) in [5.41, 5.74) is -1.42. The molecule has 0 saturated heterocycles. The van der Waals surface area contributed by atoms with E-state index in [2.05, 4.69) is 6.92 Å². The Bertz CT molecular complexity index is 53.6. The Morgan fingerprint density at radius 2 is 2.00 bits per heavy atom. The summed E-state index contributed by atoms with van der Waals surface area (Å²) in [5, 5.41) is 8.61. The second kappa shape index (κ2) is 1.78. The van der Waals surface area contributed by atoms with E-state index in [0.29, 0.717) is 0 Å². The van der Waals surface area contributed by atoms with Crippen molar-refractivity contribution in [1.29, 1.82) is 0 Å². The largest absolute Gasteiger partial charge is 0.387 e. The molecule has 2 heteroatoms. The second-order valence-electron chi connectivity index (χ2n) is 1.97. The van der Waals surface area contributed by atoms with Crippen LogP contribution < -0.4 is 0 Å². The number of hydrogen-bond donors (Lipinski definition) is 1. The van der Waals surface area contributed by atoms with E-state index < -0.39 is 11.8 Å². The predicted molar refractivity (Wildman–Crippen MR) is 26.6 cm³/mol. The highest BCUT2D eigenvalue weighted by Crippen LogP contribution is 2.09. The molecule has 2 unspecified atom stereocenters. The zero-order valence-corrected chi connectivity index (χ0v) is 4.61. The number of rotatable bonds is 1. The second-order valence-corrected chi connectivity index (χ2v) is 1.97. The van der Waals surface area contributed by atoms with Gasteiger partial charge < -0.3 is 5.11 Å². The number of alkyl halides is 1. The zero-order chi connectivity index (χ0) is 6.08. The van der Waals surface area contributed by atoms with E-state index in [1.54, 1.807) is 0 Å². The fourth-order valence-electron chi connectivity index (χ4n) is 0. The Kier molecular flexibility index (Phi) is 1.75. The molecule has 0 amide bonds. The third-order valence-corrected chi connectivity index (χ3v) is 0.857. The molecule has 0 aliphatic heterocycles. The van der Waals surface area contributed by atoms with Crippen LogP contribution in [0, 0.1) is 6.92 Å². The first kappa shape index (κ1) is 6.89. The third kappa shape index (κ3) is 2.57. The summed E-state index contributed by atoms with van der Waals surface area (Å²) in [6.45, 7) is 5.75. The van der Waals surface area contributed by atoms with Gasteiger partial charge >= 0.3 is 0 Å². The molecule has 0 rings (SSSR count). The summed E-state index contributed by atoms with van der Waals surface area (Å²) in [7, 11) is 0. The van der Waals surface area contributed by atoms with Crippen molar-refractivity contribution in [3.63, 3.8) is 0 Å². The van der Waals surface area contributed by atoms with Gasteiger partial charge in [0.25, 0.3) is 0 Å². The van der Waals surface area contributed by atoms with Crippen LogP contribution in [0.2, 0.25) is 0 Å². The van der Waals surface area contributed by atoms with Gasteiger partial charge in [-0.3, -0.25) is 0 Å². The SMILES string of the molecule is [CH2]C(C)(O)C(C)F. The van der Waals surface area contributed by atoms with Crippen LogP contribution in [0.1, 0.15) is 13.8 Å². The quantitative estimate of drug-likeness (QED) is 0.526.